The molecule has 1 aliphatic heterocycles. The number of nitrogens with one attached hydrogen (secondary N) is 2. The molecule has 27 heavy (non-hydrogen) atoms. The second-order valence-corrected chi connectivity index (χ2v) is 7.04. The Hall–Kier alpha value is -2.90. The van der Waals surface area contributed by atoms with E-state index in [1.165, 1.54) is 4.57 Å². The van der Waals surface area contributed by atoms with Gasteiger partial charge in [-0.15, -0.1) is 0 Å². The molecule has 3 rings (SSSR count). The normalized spacial score (nSPS) is 16.9. The molecule has 8 nitrogen and oxygen atoms in total. The molecule has 2 amide bonds. The van der Waals surface area contributed by atoms with Crippen LogP contribution in [0.15, 0.2) is 29.3 Å². The fourth-order valence-electron chi connectivity index (χ4n) is 3.43. The number of anilines is 1. The molecule has 1 fully saturated rings. The molecule has 8 heteroatoms. The molecule has 2 aromatic rings. The Morgan fingerprint density at radius 3 is 2.78 bits per heavy atom. The first-order chi connectivity index (χ1) is 12.9. The molecule has 144 valence electrons. The molecule has 0 aliphatic carbocycles. The van der Waals surface area contributed by atoms with Crippen molar-refractivity contribution in [3.05, 3.63) is 51.8 Å². The minimum atomic E-state index is -0.206. The van der Waals surface area contributed by atoms with Gasteiger partial charge in [0, 0.05) is 56.5 Å². The number of rotatable bonds is 4. The highest BCUT2D eigenvalue weighted by Crippen LogP contribution is 2.14. The van der Waals surface area contributed by atoms with Gasteiger partial charge in [-0.1, -0.05) is 0 Å². The van der Waals surface area contributed by atoms with E-state index in [0.717, 1.165) is 36.3 Å². The second kappa shape index (κ2) is 8.20. The maximum Gasteiger partial charge on any atom is 0.315 e. The van der Waals surface area contributed by atoms with Gasteiger partial charge < -0.3 is 20.1 Å². The molecule has 3 heterocycles. The van der Waals surface area contributed by atoms with E-state index >= 15 is 0 Å². The summed E-state index contributed by atoms with van der Waals surface area (Å²) in [6.07, 6.45) is 5.04. The Morgan fingerprint density at radius 1 is 1.30 bits per heavy atom. The third kappa shape index (κ3) is 4.84. The van der Waals surface area contributed by atoms with Gasteiger partial charge in [0.2, 0.25) is 0 Å². The van der Waals surface area contributed by atoms with Crippen LogP contribution in [0.1, 0.15) is 29.8 Å². The number of carbonyl (C=O) groups excluding carboxylic acids is 1. The Bertz CT molecular complexity index is 858. The lowest BCUT2D eigenvalue weighted by atomic mass is 10.1. The van der Waals surface area contributed by atoms with Crippen molar-refractivity contribution in [3.63, 3.8) is 0 Å². The summed E-state index contributed by atoms with van der Waals surface area (Å²) in [6, 6.07) is 3.70. The molecule has 1 saturated heterocycles. The van der Waals surface area contributed by atoms with Gasteiger partial charge in [0.25, 0.3) is 5.56 Å². The quantitative estimate of drug-likeness (QED) is 0.845. The van der Waals surface area contributed by atoms with E-state index in [9.17, 15) is 9.59 Å². The SMILES string of the molecule is Cc1cc(CNC(=O)NC2CCCN(c3nccn(C)c3=O)C2)cc(C)n1. The number of hydrogen-bond acceptors (Lipinski definition) is 5. The van der Waals surface area contributed by atoms with Crippen LogP contribution in [0.25, 0.3) is 0 Å². The molecule has 0 saturated carbocycles. The molecule has 1 atom stereocenters. The Kier molecular flexibility index (Phi) is 5.73. The molecule has 0 bridgehead atoms. The molecular formula is C19H26N6O2. The van der Waals surface area contributed by atoms with Crippen LogP contribution in [0.5, 0.6) is 0 Å². The summed E-state index contributed by atoms with van der Waals surface area (Å²) in [7, 11) is 1.71. The summed E-state index contributed by atoms with van der Waals surface area (Å²) in [5.74, 6) is 0.439. The first-order valence-electron chi connectivity index (χ1n) is 9.17. The van der Waals surface area contributed by atoms with Crippen molar-refractivity contribution in [1.29, 1.82) is 0 Å². The van der Waals surface area contributed by atoms with Gasteiger partial charge in [0.15, 0.2) is 5.82 Å². The standard InChI is InChI=1S/C19H26N6O2/c1-13-9-15(10-14(2)22-13)11-21-19(27)23-16-5-4-7-25(12-16)17-18(26)24(3)8-6-20-17/h6,8-10,16H,4-5,7,11-12H2,1-3H3,(H2,21,23,27). The topological polar surface area (TPSA) is 92.2 Å². The molecule has 2 N–H and O–H groups in total. The Labute approximate surface area is 158 Å². The van der Waals surface area contributed by atoms with Crippen LogP contribution in [0.3, 0.4) is 0 Å². The zero-order valence-electron chi connectivity index (χ0n) is 16.0. The van der Waals surface area contributed by atoms with Gasteiger partial charge in [-0.2, -0.15) is 0 Å². The van der Waals surface area contributed by atoms with Crippen LogP contribution in [-0.4, -0.2) is 39.7 Å². The minimum Gasteiger partial charge on any atom is -0.350 e. The Balaban J connectivity index is 1.56. The van der Waals surface area contributed by atoms with Crippen LogP contribution in [0, 0.1) is 13.8 Å². The minimum absolute atomic E-state index is 0.0219. The lowest BCUT2D eigenvalue weighted by molar-refractivity contribution is 0.234. The maximum atomic E-state index is 12.3. The van der Waals surface area contributed by atoms with Crippen LogP contribution in [0.4, 0.5) is 10.6 Å². The highest BCUT2D eigenvalue weighted by atomic mass is 16.2. The third-order valence-electron chi connectivity index (χ3n) is 4.65. The van der Waals surface area contributed by atoms with E-state index in [-0.39, 0.29) is 17.6 Å². The highest BCUT2D eigenvalue weighted by molar-refractivity contribution is 5.74. The van der Waals surface area contributed by atoms with Crippen molar-refractivity contribution in [2.24, 2.45) is 7.05 Å². The van der Waals surface area contributed by atoms with E-state index < -0.39 is 0 Å². The van der Waals surface area contributed by atoms with Crippen molar-refractivity contribution >= 4 is 11.8 Å². The number of pyridine rings is 1. The molecule has 1 unspecified atom stereocenters. The summed E-state index contributed by atoms with van der Waals surface area (Å²) >= 11 is 0. The molecule has 0 spiro atoms. The van der Waals surface area contributed by atoms with Crippen LogP contribution in [0.2, 0.25) is 0 Å². The van der Waals surface area contributed by atoms with Crippen molar-refractivity contribution in [3.8, 4) is 0 Å². The lowest BCUT2D eigenvalue weighted by Crippen LogP contribution is -2.51. The number of hydrogen-bond donors (Lipinski definition) is 2. The van der Waals surface area contributed by atoms with Crippen molar-refractivity contribution in [2.75, 3.05) is 18.0 Å². The maximum absolute atomic E-state index is 12.3. The number of nitrogens with zero attached hydrogens (tertiary/aromatic N) is 4. The van der Waals surface area contributed by atoms with Crippen molar-refractivity contribution < 1.29 is 4.79 Å². The summed E-state index contributed by atoms with van der Waals surface area (Å²) in [6.45, 7) is 5.67. The van der Waals surface area contributed by atoms with Gasteiger partial charge >= 0.3 is 6.03 Å². The average molecular weight is 370 g/mol. The first-order valence-corrected chi connectivity index (χ1v) is 9.17. The molecule has 0 aromatic carbocycles. The van der Waals surface area contributed by atoms with E-state index in [2.05, 4.69) is 20.6 Å². The average Bonchev–Trinajstić information content (AvgIpc) is 2.62. The van der Waals surface area contributed by atoms with Crippen LogP contribution in [-0.2, 0) is 13.6 Å². The van der Waals surface area contributed by atoms with Gasteiger partial charge in [-0.3, -0.25) is 9.78 Å². The highest BCUT2D eigenvalue weighted by Gasteiger charge is 2.24. The number of aromatic nitrogens is 3. The second-order valence-electron chi connectivity index (χ2n) is 7.04. The summed E-state index contributed by atoms with van der Waals surface area (Å²) in [5, 5.41) is 5.91. The van der Waals surface area contributed by atoms with Gasteiger partial charge in [0.1, 0.15) is 0 Å². The lowest BCUT2D eigenvalue weighted by Gasteiger charge is -2.33. The van der Waals surface area contributed by atoms with E-state index in [1.807, 2.05) is 30.9 Å². The van der Waals surface area contributed by atoms with Crippen LogP contribution < -0.4 is 21.1 Å². The van der Waals surface area contributed by atoms with E-state index in [4.69, 9.17) is 0 Å². The molecule has 1 aliphatic rings. The first kappa shape index (κ1) is 18.9. The van der Waals surface area contributed by atoms with Gasteiger partial charge in [-0.05, 0) is 44.4 Å². The zero-order chi connectivity index (χ0) is 19.4. The molecule has 0 radical (unpaired) electrons. The van der Waals surface area contributed by atoms with E-state index in [1.54, 1.807) is 19.4 Å². The molecule has 2 aromatic heterocycles. The fourth-order valence-corrected chi connectivity index (χ4v) is 3.43. The molecular weight excluding hydrogens is 344 g/mol. The van der Waals surface area contributed by atoms with Crippen molar-refractivity contribution in [2.45, 2.75) is 39.3 Å². The number of piperidine rings is 1. The number of aryl methyl sites for hydroxylation is 3. The van der Waals surface area contributed by atoms with Crippen LogP contribution >= 0.6 is 0 Å². The summed E-state index contributed by atoms with van der Waals surface area (Å²) in [4.78, 5) is 35.1. The third-order valence-corrected chi connectivity index (χ3v) is 4.65. The predicted molar refractivity (Wildman–Crippen MR) is 104 cm³/mol. The summed E-state index contributed by atoms with van der Waals surface area (Å²) < 4.78 is 1.52. The number of carbonyl (C=O) groups is 1. The number of urea groups is 1. The largest absolute Gasteiger partial charge is 0.350 e. The van der Waals surface area contributed by atoms with Gasteiger partial charge in [0.05, 0.1) is 0 Å². The van der Waals surface area contributed by atoms with E-state index in [0.29, 0.717) is 18.9 Å². The smallest absolute Gasteiger partial charge is 0.315 e. The number of amides is 2. The Morgan fingerprint density at radius 2 is 2.04 bits per heavy atom. The predicted octanol–water partition coefficient (Wildman–Crippen LogP) is 1.26. The van der Waals surface area contributed by atoms with Gasteiger partial charge in [-0.25, -0.2) is 9.78 Å². The monoisotopic (exact) mass is 370 g/mol. The summed E-state index contributed by atoms with van der Waals surface area (Å²) in [5.41, 5.74) is 2.78. The zero-order valence-corrected chi connectivity index (χ0v) is 16.0. The van der Waals surface area contributed by atoms with Crippen molar-refractivity contribution in [1.82, 2.24) is 25.2 Å². The fraction of sp³-hybridized carbons (Fsp3) is 0.474.